The molecule has 1 atom stereocenters. The number of nitrogen functional groups attached to an aromatic ring is 1. The maximum Gasteiger partial charge on any atom is 0.322 e. The molecule has 1 aliphatic rings. The molecule has 4 aromatic rings. The fraction of sp³-hybridized carbons (Fsp3) is 0.115. The van der Waals surface area contributed by atoms with E-state index in [-0.39, 0.29) is 12.0 Å². The molecule has 3 aromatic carbocycles. The third kappa shape index (κ3) is 3.82. The highest BCUT2D eigenvalue weighted by molar-refractivity contribution is 6.04. The Morgan fingerprint density at radius 3 is 2.34 bits per heavy atom. The third-order valence-corrected chi connectivity index (χ3v) is 6.04. The molecule has 2 heterocycles. The molecule has 1 aliphatic heterocycles. The summed E-state index contributed by atoms with van der Waals surface area (Å²) in [5.74, 6) is -2.35. The van der Waals surface area contributed by atoms with Gasteiger partial charge in [0.2, 0.25) is 0 Å². The average molecular weight is 471 g/mol. The van der Waals surface area contributed by atoms with Gasteiger partial charge in [0.05, 0.1) is 11.6 Å². The van der Waals surface area contributed by atoms with E-state index in [9.17, 15) is 19.5 Å². The quantitative estimate of drug-likeness (QED) is 0.328. The van der Waals surface area contributed by atoms with Gasteiger partial charge in [0, 0.05) is 11.1 Å². The summed E-state index contributed by atoms with van der Waals surface area (Å²) in [7, 11) is 0. The van der Waals surface area contributed by atoms with Gasteiger partial charge in [0.1, 0.15) is 30.2 Å². The Bertz CT molecular complexity index is 1520. The number of hydrogen-bond donors (Lipinski definition) is 4. The van der Waals surface area contributed by atoms with Crippen LogP contribution in [0.1, 0.15) is 22.0 Å². The topological polar surface area (TPSA) is 144 Å². The first-order valence-electron chi connectivity index (χ1n) is 10.8. The van der Waals surface area contributed by atoms with Gasteiger partial charge in [-0.2, -0.15) is 0 Å². The predicted octanol–water partition coefficient (Wildman–Crippen LogP) is 2.75. The van der Waals surface area contributed by atoms with Gasteiger partial charge in [-0.05, 0) is 41.0 Å². The van der Waals surface area contributed by atoms with Crippen LogP contribution < -0.4 is 21.3 Å². The van der Waals surface area contributed by atoms with Crippen LogP contribution in [-0.4, -0.2) is 39.8 Å². The molecular weight excluding hydrogens is 450 g/mol. The number of aliphatic carboxylic acids is 1. The average Bonchev–Trinajstić information content (AvgIpc) is 2.86. The van der Waals surface area contributed by atoms with Crippen LogP contribution in [0.15, 0.2) is 71.5 Å². The standard InChI is InChI=1S/C26H21N3O6/c27-17-10-8-15(9-11-17)14-4-6-16(7-5-14)19-13-35-20-3-1-2-18-23(20)29(19)26(34)22(24(18)32)25(33)28-12-21(30)31/h1-11,19,32H,12-13,27H2,(H,28,33)(H,30,31). The van der Waals surface area contributed by atoms with Gasteiger partial charge in [-0.3, -0.25) is 19.0 Å². The normalized spacial score (nSPS) is 14.3. The highest BCUT2D eigenvalue weighted by Crippen LogP contribution is 2.38. The van der Waals surface area contributed by atoms with Crippen molar-refractivity contribution in [1.29, 1.82) is 0 Å². The van der Waals surface area contributed by atoms with E-state index in [2.05, 4.69) is 5.32 Å². The lowest BCUT2D eigenvalue weighted by atomic mass is 9.98. The van der Waals surface area contributed by atoms with Crippen LogP contribution in [0.5, 0.6) is 11.5 Å². The van der Waals surface area contributed by atoms with E-state index in [1.165, 1.54) is 4.57 Å². The van der Waals surface area contributed by atoms with Crippen molar-refractivity contribution >= 4 is 28.5 Å². The van der Waals surface area contributed by atoms with E-state index in [1.54, 1.807) is 18.2 Å². The van der Waals surface area contributed by atoms with Crippen molar-refractivity contribution in [3.63, 3.8) is 0 Å². The van der Waals surface area contributed by atoms with Crippen molar-refractivity contribution in [2.24, 2.45) is 0 Å². The number of carboxylic acid groups (broad SMARTS) is 1. The number of aromatic nitrogens is 1. The highest BCUT2D eigenvalue weighted by atomic mass is 16.5. The molecule has 5 N–H and O–H groups in total. The molecule has 0 saturated heterocycles. The Morgan fingerprint density at radius 1 is 1.03 bits per heavy atom. The van der Waals surface area contributed by atoms with Gasteiger partial charge in [0.15, 0.2) is 0 Å². The number of rotatable bonds is 5. The van der Waals surface area contributed by atoms with E-state index >= 15 is 0 Å². The van der Waals surface area contributed by atoms with Crippen molar-refractivity contribution in [1.82, 2.24) is 9.88 Å². The Labute approximate surface area is 199 Å². The summed E-state index contributed by atoms with van der Waals surface area (Å²) in [4.78, 5) is 37.1. The second-order valence-electron chi connectivity index (χ2n) is 8.20. The van der Waals surface area contributed by atoms with Crippen LogP contribution in [0.2, 0.25) is 0 Å². The maximum absolute atomic E-state index is 13.5. The second kappa shape index (κ2) is 8.53. The lowest BCUT2D eigenvalue weighted by Crippen LogP contribution is -2.39. The number of nitrogens with two attached hydrogens (primary N) is 1. The smallest absolute Gasteiger partial charge is 0.322 e. The number of pyridine rings is 1. The van der Waals surface area contributed by atoms with Crippen molar-refractivity contribution in [3.05, 3.63) is 88.2 Å². The molecule has 0 saturated carbocycles. The lowest BCUT2D eigenvalue weighted by Gasteiger charge is -2.29. The van der Waals surface area contributed by atoms with Crippen LogP contribution >= 0.6 is 0 Å². The fourth-order valence-corrected chi connectivity index (χ4v) is 4.34. The minimum atomic E-state index is -1.27. The zero-order chi connectivity index (χ0) is 24.7. The van der Waals surface area contributed by atoms with E-state index in [0.29, 0.717) is 17.0 Å². The number of ether oxygens (including phenoxy) is 1. The predicted molar refractivity (Wildman–Crippen MR) is 130 cm³/mol. The summed E-state index contributed by atoms with van der Waals surface area (Å²) >= 11 is 0. The minimum Gasteiger partial charge on any atom is -0.506 e. The van der Waals surface area contributed by atoms with Crippen LogP contribution in [0.4, 0.5) is 5.69 Å². The number of nitrogens with one attached hydrogen (secondary N) is 1. The molecule has 35 heavy (non-hydrogen) atoms. The van der Waals surface area contributed by atoms with Gasteiger partial charge < -0.3 is 26.0 Å². The SMILES string of the molecule is Nc1ccc(-c2ccc(C3COc4cccc5c(O)c(C(=O)NCC(=O)O)c(=O)n3c45)cc2)cc1. The van der Waals surface area contributed by atoms with E-state index < -0.39 is 41.3 Å². The zero-order valence-electron chi connectivity index (χ0n) is 18.4. The molecule has 0 fully saturated rings. The molecule has 9 nitrogen and oxygen atoms in total. The Hall–Kier alpha value is -4.79. The van der Waals surface area contributed by atoms with Crippen LogP contribution in [0.3, 0.4) is 0 Å². The molecule has 176 valence electrons. The van der Waals surface area contributed by atoms with E-state index in [0.717, 1.165) is 16.7 Å². The number of para-hydroxylation sites is 1. The first kappa shape index (κ1) is 22.0. The first-order chi connectivity index (χ1) is 16.8. The fourth-order valence-electron chi connectivity index (χ4n) is 4.34. The summed E-state index contributed by atoms with van der Waals surface area (Å²) in [6, 6.07) is 19.4. The van der Waals surface area contributed by atoms with Crippen molar-refractivity contribution in [2.45, 2.75) is 6.04 Å². The number of anilines is 1. The second-order valence-corrected chi connectivity index (χ2v) is 8.20. The Morgan fingerprint density at radius 2 is 1.69 bits per heavy atom. The van der Waals surface area contributed by atoms with Crippen LogP contribution in [0, 0.1) is 0 Å². The van der Waals surface area contributed by atoms with Gasteiger partial charge >= 0.3 is 5.97 Å². The Balaban J connectivity index is 1.63. The maximum atomic E-state index is 13.5. The molecule has 1 aromatic heterocycles. The minimum absolute atomic E-state index is 0.133. The third-order valence-electron chi connectivity index (χ3n) is 6.04. The molecule has 0 spiro atoms. The van der Waals surface area contributed by atoms with Crippen LogP contribution in [0.25, 0.3) is 22.0 Å². The Kier molecular flexibility index (Phi) is 5.37. The molecule has 0 radical (unpaired) electrons. The molecule has 5 rings (SSSR count). The first-order valence-corrected chi connectivity index (χ1v) is 10.8. The summed E-state index contributed by atoms with van der Waals surface area (Å²) in [5, 5.41) is 22.1. The monoisotopic (exact) mass is 471 g/mol. The number of nitrogens with zero attached hydrogens (tertiary/aromatic N) is 1. The number of hydrogen-bond acceptors (Lipinski definition) is 6. The summed E-state index contributed by atoms with van der Waals surface area (Å²) < 4.78 is 7.35. The van der Waals surface area contributed by atoms with Gasteiger partial charge in [-0.15, -0.1) is 0 Å². The van der Waals surface area contributed by atoms with Crippen molar-refractivity contribution in [3.8, 4) is 22.6 Å². The van der Waals surface area contributed by atoms with Crippen molar-refractivity contribution < 1.29 is 24.5 Å². The van der Waals surface area contributed by atoms with Gasteiger partial charge in [0.25, 0.3) is 11.5 Å². The molecule has 9 heteroatoms. The molecular formula is C26H21N3O6. The van der Waals surface area contributed by atoms with Gasteiger partial charge in [-0.1, -0.05) is 42.5 Å². The van der Waals surface area contributed by atoms with E-state index in [1.807, 2.05) is 48.5 Å². The number of carboxylic acids is 1. The molecule has 1 amide bonds. The highest BCUT2D eigenvalue weighted by Gasteiger charge is 2.31. The van der Waals surface area contributed by atoms with Crippen LogP contribution in [-0.2, 0) is 4.79 Å². The largest absolute Gasteiger partial charge is 0.506 e. The lowest BCUT2D eigenvalue weighted by molar-refractivity contribution is -0.135. The van der Waals surface area contributed by atoms with E-state index in [4.69, 9.17) is 15.6 Å². The summed E-state index contributed by atoms with van der Waals surface area (Å²) in [6.07, 6.45) is 0. The zero-order valence-corrected chi connectivity index (χ0v) is 18.4. The molecule has 0 aliphatic carbocycles. The molecule has 0 bridgehead atoms. The van der Waals surface area contributed by atoms with Crippen molar-refractivity contribution in [2.75, 3.05) is 18.9 Å². The van der Waals surface area contributed by atoms with Gasteiger partial charge in [-0.25, -0.2) is 0 Å². The number of carbonyl (C=O) groups is 2. The summed E-state index contributed by atoms with van der Waals surface area (Å²) in [6.45, 7) is -0.552. The number of amides is 1. The number of aromatic hydroxyl groups is 1. The molecule has 1 unspecified atom stereocenters. The number of benzene rings is 3. The number of carbonyl (C=O) groups excluding carboxylic acids is 1. The summed E-state index contributed by atoms with van der Waals surface area (Å²) in [5.41, 5.74) is 8.27.